The number of rotatable bonds is 7. The van der Waals surface area contributed by atoms with Crippen molar-refractivity contribution in [1.29, 1.82) is 0 Å². The van der Waals surface area contributed by atoms with Gasteiger partial charge >= 0.3 is 0 Å². The van der Waals surface area contributed by atoms with Gasteiger partial charge in [-0.05, 0) is 31.0 Å². The van der Waals surface area contributed by atoms with E-state index in [-0.39, 0.29) is 17.9 Å². The van der Waals surface area contributed by atoms with Crippen LogP contribution >= 0.6 is 0 Å². The summed E-state index contributed by atoms with van der Waals surface area (Å²) in [6.07, 6.45) is 7.38. The van der Waals surface area contributed by atoms with E-state index in [2.05, 4.69) is 31.6 Å². The quantitative estimate of drug-likeness (QED) is 0.405. The molecule has 4 aromatic heterocycles. The van der Waals surface area contributed by atoms with Crippen molar-refractivity contribution < 1.29 is 14.3 Å². The number of hydrogen-bond donors (Lipinski definition) is 2. The molecule has 4 aromatic rings. The molecule has 1 aliphatic heterocycles. The van der Waals surface area contributed by atoms with Crippen molar-refractivity contribution in [3.63, 3.8) is 0 Å². The summed E-state index contributed by atoms with van der Waals surface area (Å²) in [6.45, 7) is 2.77. The largest absolute Gasteiger partial charge is 0.382 e. The Bertz CT molecular complexity index is 1430. The third-order valence-corrected chi connectivity index (χ3v) is 6.62. The molecule has 1 saturated carbocycles. The number of amides is 1. The van der Waals surface area contributed by atoms with E-state index in [1.807, 2.05) is 25.4 Å². The van der Waals surface area contributed by atoms with Crippen LogP contribution in [-0.4, -0.2) is 77.0 Å². The van der Waals surface area contributed by atoms with Crippen LogP contribution in [0.25, 0.3) is 27.8 Å². The average molecular weight is 489 g/mol. The second kappa shape index (κ2) is 9.32. The van der Waals surface area contributed by atoms with E-state index in [0.29, 0.717) is 30.7 Å². The zero-order chi connectivity index (χ0) is 24.6. The van der Waals surface area contributed by atoms with Crippen LogP contribution in [0.3, 0.4) is 0 Å². The van der Waals surface area contributed by atoms with E-state index in [9.17, 15) is 4.79 Å². The first kappa shape index (κ1) is 22.6. The van der Waals surface area contributed by atoms with Crippen LogP contribution in [0, 0.1) is 5.92 Å². The monoisotopic (exact) mass is 488 g/mol. The molecule has 11 nitrogen and oxygen atoms in total. The lowest BCUT2D eigenvalue weighted by molar-refractivity contribution is -0.117. The molecular weight excluding hydrogens is 460 g/mol. The van der Waals surface area contributed by atoms with Gasteiger partial charge in [-0.1, -0.05) is 0 Å². The first-order chi connectivity index (χ1) is 17.6. The van der Waals surface area contributed by atoms with Crippen molar-refractivity contribution in [3.8, 4) is 11.4 Å². The molecule has 36 heavy (non-hydrogen) atoms. The van der Waals surface area contributed by atoms with E-state index >= 15 is 0 Å². The minimum absolute atomic E-state index is 0.0144. The van der Waals surface area contributed by atoms with Gasteiger partial charge in [0.2, 0.25) is 5.91 Å². The predicted octanol–water partition coefficient (Wildman–Crippen LogP) is 2.58. The molecule has 1 atom stereocenters. The standard InChI is InChI=1S/C25H28N8O3/c1-26-23-19-10-27-21(29-25(34)15-3-4-15)9-18(19)20(11-28-23)24-30-22-6-5-16(12-33(22)31-24)32-7-8-36-17(13-32)14-35-2/h5-6,9-12,15,17H,3-4,7-8,13-14H2,1-2H3,(H,26,28)(H,27,29,34)/t17-/m1/s1. The van der Waals surface area contributed by atoms with Crippen LogP contribution in [0.15, 0.2) is 36.8 Å². The molecule has 1 amide bonds. The molecule has 0 aromatic carbocycles. The number of anilines is 3. The van der Waals surface area contributed by atoms with Gasteiger partial charge < -0.3 is 25.0 Å². The third-order valence-electron chi connectivity index (χ3n) is 6.62. The summed E-state index contributed by atoms with van der Waals surface area (Å²) in [7, 11) is 3.50. The highest BCUT2D eigenvalue weighted by molar-refractivity contribution is 6.03. The highest BCUT2D eigenvalue weighted by Gasteiger charge is 2.30. The van der Waals surface area contributed by atoms with Gasteiger partial charge in [-0.3, -0.25) is 4.79 Å². The molecule has 2 fully saturated rings. The van der Waals surface area contributed by atoms with Crippen LogP contribution in [0.1, 0.15) is 12.8 Å². The molecule has 0 bridgehead atoms. The molecule has 11 heteroatoms. The Morgan fingerprint density at radius 1 is 1.22 bits per heavy atom. The molecule has 1 saturated heterocycles. The maximum absolute atomic E-state index is 12.3. The Kier molecular flexibility index (Phi) is 5.86. The second-order valence-electron chi connectivity index (χ2n) is 9.17. The number of ether oxygens (including phenoxy) is 2. The summed E-state index contributed by atoms with van der Waals surface area (Å²) in [5, 5.41) is 12.5. The Morgan fingerprint density at radius 2 is 2.11 bits per heavy atom. The van der Waals surface area contributed by atoms with E-state index in [0.717, 1.165) is 53.6 Å². The van der Waals surface area contributed by atoms with Crippen molar-refractivity contribution in [3.05, 3.63) is 36.8 Å². The van der Waals surface area contributed by atoms with E-state index < -0.39 is 0 Å². The number of pyridine rings is 3. The SMILES string of the molecule is CNc1ncc(-c2nc3ccc(N4CCO[C@@H](COC)C4)cn3n2)c2cc(NC(=O)C3CC3)ncc12. The summed E-state index contributed by atoms with van der Waals surface area (Å²) in [4.78, 5) is 28.3. The first-order valence-electron chi connectivity index (χ1n) is 12.1. The number of morpholine rings is 1. The first-order valence-corrected chi connectivity index (χ1v) is 12.1. The number of hydrogen-bond acceptors (Lipinski definition) is 9. The molecule has 0 spiro atoms. The minimum Gasteiger partial charge on any atom is -0.382 e. The predicted molar refractivity (Wildman–Crippen MR) is 136 cm³/mol. The lowest BCUT2D eigenvalue weighted by Crippen LogP contribution is -2.44. The van der Waals surface area contributed by atoms with E-state index in [4.69, 9.17) is 19.6 Å². The summed E-state index contributed by atoms with van der Waals surface area (Å²) >= 11 is 0. The van der Waals surface area contributed by atoms with Gasteiger partial charge in [0, 0.05) is 61.9 Å². The summed E-state index contributed by atoms with van der Waals surface area (Å²) in [6, 6.07) is 5.89. The zero-order valence-electron chi connectivity index (χ0n) is 20.3. The third kappa shape index (κ3) is 4.31. The molecule has 2 aliphatic rings. The fraction of sp³-hybridized carbons (Fsp3) is 0.400. The Balaban J connectivity index is 1.36. The number of nitrogens with zero attached hydrogens (tertiary/aromatic N) is 6. The molecule has 0 radical (unpaired) electrons. The molecular formula is C25H28N8O3. The molecule has 6 rings (SSSR count). The van der Waals surface area contributed by atoms with Crippen molar-refractivity contribution >= 4 is 39.6 Å². The Morgan fingerprint density at radius 3 is 2.92 bits per heavy atom. The fourth-order valence-electron chi connectivity index (χ4n) is 4.57. The van der Waals surface area contributed by atoms with Crippen molar-refractivity contribution in [2.45, 2.75) is 18.9 Å². The normalized spacial score (nSPS) is 18.1. The second-order valence-corrected chi connectivity index (χ2v) is 9.17. The van der Waals surface area contributed by atoms with Crippen LogP contribution < -0.4 is 15.5 Å². The average Bonchev–Trinajstić information content (AvgIpc) is 3.67. The number of methoxy groups -OCH3 is 1. The highest BCUT2D eigenvalue weighted by Crippen LogP contribution is 2.33. The molecule has 0 unspecified atom stereocenters. The summed E-state index contributed by atoms with van der Waals surface area (Å²) in [5.41, 5.74) is 2.55. The molecule has 186 valence electrons. The molecule has 2 N–H and O–H groups in total. The highest BCUT2D eigenvalue weighted by atomic mass is 16.5. The number of carbonyl (C=O) groups excluding carboxylic acids is 1. The minimum atomic E-state index is 0.0144. The van der Waals surface area contributed by atoms with Gasteiger partial charge in [-0.25, -0.2) is 19.5 Å². The van der Waals surface area contributed by atoms with Gasteiger partial charge in [0.25, 0.3) is 0 Å². The summed E-state index contributed by atoms with van der Waals surface area (Å²) < 4.78 is 12.8. The van der Waals surface area contributed by atoms with Gasteiger partial charge in [0.1, 0.15) is 11.6 Å². The number of aromatic nitrogens is 5. The molecule has 1 aliphatic carbocycles. The van der Waals surface area contributed by atoms with E-state index in [1.165, 1.54) is 0 Å². The fourth-order valence-corrected chi connectivity index (χ4v) is 4.57. The lowest BCUT2D eigenvalue weighted by Gasteiger charge is -2.34. The Hall–Kier alpha value is -3.83. The zero-order valence-corrected chi connectivity index (χ0v) is 20.3. The van der Waals surface area contributed by atoms with Gasteiger partial charge in [0.05, 0.1) is 31.2 Å². The lowest BCUT2D eigenvalue weighted by atomic mass is 10.1. The smallest absolute Gasteiger partial charge is 0.228 e. The van der Waals surface area contributed by atoms with Gasteiger partial charge in [0.15, 0.2) is 11.5 Å². The van der Waals surface area contributed by atoms with Crippen molar-refractivity contribution in [2.75, 3.05) is 56.0 Å². The Labute approximate surface area is 207 Å². The molecule has 5 heterocycles. The van der Waals surface area contributed by atoms with Crippen LogP contribution in [-0.2, 0) is 14.3 Å². The van der Waals surface area contributed by atoms with Crippen LogP contribution in [0.2, 0.25) is 0 Å². The topological polar surface area (TPSA) is 119 Å². The van der Waals surface area contributed by atoms with Crippen molar-refractivity contribution in [1.82, 2.24) is 24.6 Å². The maximum atomic E-state index is 12.3. The van der Waals surface area contributed by atoms with Crippen molar-refractivity contribution in [2.24, 2.45) is 5.92 Å². The number of nitrogens with one attached hydrogen (secondary N) is 2. The van der Waals surface area contributed by atoms with Gasteiger partial charge in [-0.2, -0.15) is 0 Å². The number of fused-ring (bicyclic) bond motifs is 2. The van der Waals surface area contributed by atoms with Crippen LogP contribution in [0.5, 0.6) is 0 Å². The number of carbonyl (C=O) groups is 1. The maximum Gasteiger partial charge on any atom is 0.228 e. The van der Waals surface area contributed by atoms with Gasteiger partial charge in [-0.15, -0.1) is 5.10 Å². The van der Waals surface area contributed by atoms with Crippen LogP contribution in [0.4, 0.5) is 17.3 Å². The summed E-state index contributed by atoms with van der Waals surface area (Å²) in [5.74, 6) is 1.87. The van der Waals surface area contributed by atoms with E-state index in [1.54, 1.807) is 24.0 Å².